The van der Waals surface area contributed by atoms with Crippen LogP contribution in [0.4, 0.5) is 5.69 Å². The van der Waals surface area contributed by atoms with Crippen LogP contribution in [-0.2, 0) is 9.59 Å². The summed E-state index contributed by atoms with van der Waals surface area (Å²) in [7, 11) is 0. The molecular weight excluding hydrogens is 234 g/mol. The molecule has 0 aliphatic carbocycles. The molecule has 0 fully saturated rings. The van der Waals surface area contributed by atoms with Gasteiger partial charge in [0.2, 0.25) is 5.91 Å². The van der Waals surface area contributed by atoms with Gasteiger partial charge >= 0.3 is 5.97 Å². The molecule has 1 aromatic rings. The Hall–Kier alpha value is -2.56. The molecule has 0 spiro atoms. The zero-order valence-corrected chi connectivity index (χ0v) is 9.84. The monoisotopic (exact) mass is 247 g/mol. The summed E-state index contributed by atoms with van der Waals surface area (Å²) >= 11 is 0. The molecule has 0 unspecified atom stereocenters. The van der Waals surface area contributed by atoms with E-state index in [1.165, 1.54) is 13.2 Å². The fourth-order valence-electron chi connectivity index (χ4n) is 1.19. The molecule has 0 aromatic heterocycles. The molecule has 1 rings (SSSR count). The van der Waals surface area contributed by atoms with Crippen LogP contribution in [0, 0.1) is 0 Å². The highest BCUT2D eigenvalue weighted by Gasteiger charge is 2.07. The summed E-state index contributed by atoms with van der Waals surface area (Å²) in [6.45, 7) is 4.76. The minimum absolute atomic E-state index is 0.0466. The summed E-state index contributed by atoms with van der Waals surface area (Å²) in [6, 6.07) is 6.76. The normalized spacial score (nSPS) is 10.6. The minimum Gasteiger partial charge on any atom is -0.478 e. The molecule has 0 heterocycles. The van der Waals surface area contributed by atoms with Gasteiger partial charge in [0.05, 0.1) is 11.9 Å². The number of para-hydroxylation sites is 2. The fourth-order valence-corrected chi connectivity index (χ4v) is 1.19. The molecule has 2 N–H and O–H groups in total. The summed E-state index contributed by atoms with van der Waals surface area (Å²) in [6.07, 6.45) is 2.25. The van der Waals surface area contributed by atoms with Gasteiger partial charge in [0.15, 0.2) is 0 Å². The van der Waals surface area contributed by atoms with Crippen molar-refractivity contribution in [3.05, 3.63) is 48.8 Å². The van der Waals surface area contributed by atoms with E-state index in [1.54, 1.807) is 24.3 Å². The molecule has 5 heteroatoms. The first-order valence-corrected chi connectivity index (χ1v) is 5.13. The molecule has 0 aliphatic heterocycles. The summed E-state index contributed by atoms with van der Waals surface area (Å²) in [5.41, 5.74) is 0.395. The van der Waals surface area contributed by atoms with E-state index < -0.39 is 11.9 Å². The lowest BCUT2D eigenvalue weighted by Crippen LogP contribution is -2.11. The number of hydrogen-bond acceptors (Lipinski definition) is 3. The van der Waals surface area contributed by atoms with Crippen molar-refractivity contribution in [3.8, 4) is 5.75 Å². The number of hydrogen-bond donors (Lipinski definition) is 2. The quantitative estimate of drug-likeness (QED) is 0.617. The number of ether oxygens (including phenoxy) is 1. The molecule has 1 aromatic carbocycles. The van der Waals surface area contributed by atoms with Crippen molar-refractivity contribution in [2.45, 2.75) is 6.92 Å². The Morgan fingerprint density at radius 2 is 2.06 bits per heavy atom. The summed E-state index contributed by atoms with van der Waals surface area (Å²) in [5.74, 6) is -1.24. The van der Waals surface area contributed by atoms with E-state index in [1.807, 2.05) is 0 Å². The van der Waals surface area contributed by atoms with E-state index in [4.69, 9.17) is 9.84 Å². The van der Waals surface area contributed by atoms with Gasteiger partial charge in [-0.1, -0.05) is 18.7 Å². The molecular formula is C13H13NO4. The summed E-state index contributed by atoms with van der Waals surface area (Å²) in [5, 5.41) is 11.2. The molecule has 1 amide bonds. The van der Waals surface area contributed by atoms with Crippen LogP contribution in [0.1, 0.15) is 6.92 Å². The number of benzene rings is 1. The smallest absolute Gasteiger partial charge is 0.331 e. The third kappa shape index (κ3) is 3.79. The second kappa shape index (κ2) is 6.24. The Labute approximate surface area is 104 Å². The molecule has 0 saturated heterocycles. The van der Waals surface area contributed by atoms with Gasteiger partial charge in [-0.15, -0.1) is 0 Å². The van der Waals surface area contributed by atoms with Crippen LogP contribution in [0.15, 0.2) is 48.8 Å². The number of anilines is 1. The number of carboxylic acids is 1. The predicted octanol–water partition coefficient (Wildman–Crippen LogP) is 2.18. The molecule has 5 nitrogen and oxygen atoms in total. The zero-order chi connectivity index (χ0) is 13.5. The van der Waals surface area contributed by atoms with Crippen molar-refractivity contribution >= 4 is 17.6 Å². The number of carboxylic acid groups (broad SMARTS) is 1. The largest absolute Gasteiger partial charge is 0.478 e. The maximum absolute atomic E-state index is 11.6. The van der Waals surface area contributed by atoms with Crippen molar-refractivity contribution < 1.29 is 19.4 Å². The maximum Gasteiger partial charge on any atom is 0.331 e. The van der Waals surface area contributed by atoms with Crippen LogP contribution in [0.2, 0.25) is 0 Å². The lowest BCUT2D eigenvalue weighted by atomic mass is 10.2. The topological polar surface area (TPSA) is 75.6 Å². The van der Waals surface area contributed by atoms with Crippen LogP contribution < -0.4 is 10.1 Å². The average molecular weight is 247 g/mol. The van der Waals surface area contributed by atoms with Gasteiger partial charge < -0.3 is 15.2 Å². The fraction of sp³-hybridized carbons (Fsp3) is 0.0769. The third-order valence-corrected chi connectivity index (χ3v) is 2.04. The van der Waals surface area contributed by atoms with E-state index in [-0.39, 0.29) is 5.57 Å². The average Bonchev–Trinajstić information content (AvgIpc) is 2.31. The van der Waals surface area contributed by atoms with Crippen molar-refractivity contribution in [1.82, 2.24) is 0 Å². The Morgan fingerprint density at radius 1 is 1.39 bits per heavy atom. The third-order valence-electron chi connectivity index (χ3n) is 2.04. The van der Waals surface area contributed by atoms with Gasteiger partial charge in [0.1, 0.15) is 5.75 Å². The highest BCUT2D eigenvalue weighted by molar-refractivity contribution is 6.04. The van der Waals surface area contributed by atoms with E-state index in [9.17, 15) is 9.59 Å². The number of aliphatic carboxylic acids is 1. The van der Waals surface area contributed by atoms with Crippen LogP contribution in [0.5, 0.6) is 5.75 Å². The zero-order valence-electron chi connectivity index (χ0n) is 9.84. The van der Waals surface area contributed by atoms with E-state index >= 15 is 0 Å². The standard InChI is InChI=1S/C13H13NO4/c1-3-18-11-7-5-4-6-10(11)14-12(15)8-9(2)13(16)17/h3-8H,1H2,2H3,(H,14,15)(H,16,17)/b9-8+. The first kappa shape index (κ1) is 13.5. The Balaban J connectivity index is 2.85. The second-order valence-electron chi connectivity index (χ2n) is 3.40. The predicted molar refractivity (Wildman–Crippen MR) is 67.3 cm³/mol. The van der Waals surface area contributed by atoms with E-state index in [0.29, 0.717) is 11.4 Å². The van der Waals surface area contributed by atoms with Crippen molar-refractivity contribution in [2.24, 2.45) is 0 Å². The van der Waals surface area contributed by atoms with Gasteiger partial charge in [-0.2, -0.15) is 0 Å². The highest BCUT2D eigenvalue weighted by atomic mass is 16.5. The Bertz CT molecular complexity index is 505. The number of carbonyl (C=O) groups is 2. The van der Waals surface area contributed by atoms with Gasteiger partial charge in [-0.05, 0) is 19.1 Å². The summed E-state index contributed by atoms with van der Waals surface area (Å²) < 4.78 is 5.10. The molecule has 0 radical (unpaired) electrons. The highest BCUT2D eigenvalue weighted by Crippen LogP contribution is 2.23. The first-order valence-electron chi connectivity index (χ1n) is 5.13. The lowest BCUT2D eigenvalue weighted by Gasteiger charge is -2.08. The van der Waals surface area contributed by atoms with E-state index in [2.05, 4.69) is 11.9 Å². The van der Waals surface area contributed by atoms with Crippen molar-refractivity contribution in [3.63, 3.8) is 0 Å². The molecule has 18 heavy (non-hydrogen) atoms. The van der Waals surface area contributed by atoms with Gasteiger partial charge in [0, 0.05) is 11.6 Å². The van der Waals surface area contributed by atoms with Crippen LogP contribution >= 0.6 is 0 Å². The molecule has 0 atom stereocenters. The van der Waals surface area contributed by atoms with Gasteiger partial charge in [0.25, 0.3) is 0 Å². The number of rotatable bonds is 5. The SMILES string of the molecule is C=COc1ccccc1NC(=O)/C=C(\C)C(=O)O. The molecule has 0 saturated carbocycles. The minimum atomic E-state index is -1.14. The van der Waals surface area contributed by atoms with Gasteiger partial charge in [-0.25, -0.2) is 4.79 Å². The Morgan fingerprint density at radius 3 is 2.67 bits per heavy atom. The number of carbonyl (C=O) groups excluding carboxylic acids is 1. The second-order valence-corrected chi connectivity index (χ2v) is 3.40. The molecule has 94 valence electrons. The maximum atomic E-state index is 11.6. The van der Waals surface area contributed by atoms with Gasteiger partial charge in [-0.3, -0.25) is 4.79 Å². The first-order chi connectivity index (χ1) is 8.54. The summed E-state index contributed by atoms with van der Waals surface area (Å²) in [4.78, 5) is 22.1. The molecule has 0 bridgehead atoms. The number of amides is 1. The molecule has 0 aliphatic rings. The number of nitrogens with one attached hydrogen (secondary N) is 1. The van der Waals surface area contributed by atoms with Crippen LogP contribution in [0.25, 0.3) is 0 Å². The van der Waals surface area contributed by atoms with Crippen LogP contribution in [-0.4, -0.2) is 17.0 Å². The van der Waals surface area contributed by atoms with Crippen molar-refractivity contribution in [1.29, 1.82) is 0 Å². The van der Waals surface area contributed by atoms with Crippen LogP contribution in [0.3, 0.4) is 0 Å². The Kier molecular flexibility index (Phi) is 4.68. The lowest BCUT2D eigenvalue weighted by molar-refractivity contribution is -0.132. The van der Waals surface area contributed by atoms with Crippen molar-refractivity contribution in [2.75, 3.05) is 5.32 Å². The van der Waals surface area contributed by atoms with E-state index in [0.717, 1.165) is 6.08 Å².